The van der Waals surface area contributed by atoms with Gasteiger partial charge in [-0.15, -0.1) is 0 Å². The second-order valence-electron chi connectivity index (χ2n) is 8.95. The Bertz CT molecular complexity index is 1230. The van der Waals surface area contributed by atoms with Crippen LogP contribution in [-0.4, -0.2) is 30.3 Å². The van der Waals surface area contributed by atoms with Crippen LogP contribution in [0, 0.1) is 0 Å². The quantitative estimate of drug-likeness (QED) is 0.375. The Balaban J connectivity index is 1.46. The average molecular weight is 469 g/mol. The summed E-state index contributed by atoms with van der Waals surface area (Å²) in [6, 6.07) is 24.0. The third-order valence-electron chi connectivity index (χ3n) is 5.97. The first-order valence-corrected chi connectivity index (χ1v) is 12.0. The molecule has 3 aromatic rings. The molecule has 3 N–H and O–H groups in total. The molecule has 0 aromatic heterocycles. The van der Waals surface area contributed by atoms with Crippen molar-refractivity contribution in [2.24, 2.45) is 0 Å². The number of rotatable bonds is 9. The van der Waals surface area contributed by atoms with Crippen LogP contribution in [0.1, 0.15) is 47.3 Å². The van der Waals surface area contributed by atoms with Gasteiger partial charge in [-0.25, -0.2) is 0 Å². The molecule has 4 rings (SSSR count). The van der Waals surface area contributed by atoms with E-state index in [-0.39, 0.29) is 11.8 Å². The van der Waals surface area contributed by atoms with Gasteiger partial charge in [-0.2, -0.15) is 0 Å². The molecule has 0 fully saturated rings. The third kappa shape index (κ3) is 5.97. The number of hydrogen-bond acceptors (Lipinski definition) is 4. The summed E-state index contributed by atoms with van der Waals surface area (Å²) in [4.78, 5) is 27.4. The van der Waals surface area contributed by atoms with Gasteiger partial charge in [0.15, 0.2) is 0 Å². The molecule has 0 radical (unpaired) electrons. The number of nitrogens with zero attached hydrogens (tertiary/aromatic N) is 1. The van der Waals surface area contributed by atoms with Crippen molar-refractivity contribution in [1.29, 1.82) is 0 Å². The molecule has 0 spiro atoms. The molecule has 2 amide bonds. The zero-order chi connectivity index (χ0) is 24.8. The largest absolute Gasteiger partial charge is 0.358 e. The highest BCUT2D eigenvalue weighted by Crippen LogP contribution is 2.35. The van der Waals surface area contributed by atoms with Crippen molar-refractivity contribution in [2.75, 3.05) is 24.2 Å². The van der Waals surface area contributed by atoms with Crippen LogP contribution < -0.4 is 16.0 Å². The van der Waals surface area contributed by atoms with Crippen LogP contribution in [0.5, 0.6) is 0 Å². The minimum Gasteiger partial charge on any atom is -0.358 e. The van der Waals surface area contributed by atoms with Crippen molar-refractivity contribution in [3.8, 4) is 0 Å². The highest BCUT2D eigenvalue weighted by atomic mass is 16.2. The van der Waals surface area contributed by atoms with E-state index in [2.05, 4.69) is 64.3 Å². The average Bonchev–Trinajstić information content (AvgIpc) is 3.19. The summed E-state index contributed by atoms with van der Waals surface area (Å²) in [5.74, 6) is -0.304. The Hall–Kier alpha value is -3.90. The molecule has 6 nitrogen and oxygen atoms in total. The number of allylic oxidation sites excluding steroid dienone is 1. The van der Waals surface area contributed by atoms with Crippen LogP contribution in [0.25, 0.3) is 5.57 Å². The first-order valence-electron chi connectivity index (χ1n) is 12.0. The molecule has 180 valence electrons. The second-order valence-corrected chi connectivity index (χ2v) is 8.95. The molecule has 0 saturated heterocycles. The fourth-order valence-corrected chi connectivity index (χ4v) is 4.26. The van der Waals surface area contributed by atoms with Gasteiger partial charge in [-0.3, -0.25) is 14.5 Å². The second kappa shape index (κ2) is 11.0. The van der Waals surface area contributed by atoms with Crippen molar-refractivity contribution < 1.29 is 9.59 Å². The molecule has 0 unspecified atom stereocenters. The fraction of sp³-hybridized carbons (Fsp3) is 0.241. The Labute approximate surface area is 207 Å². The standard InChI is InChI=1S/C29H32N4O2/c1-4-16-30-28(34)23-12-15-26-25(17-23)27(29(35)32-26)20(2)31-24-13-10-22(11-14-24)19-33(3)18-21-8-6-5-7-9-21/h5-15,17,31H,4,16,18-19H2,1-3H3,(H,30,34)(H,32,35). The van der Waals surface area contributed by atoms with Crippen LogP contribution >= 0.6 is 0 Å². The number of amides is 2. The Morgan fingerprint density at radius 3 is 2.31 bits per heavy atom. The van der Waals surface area contributed by atoms with E-state index in [1.54, 1.807) is 18.2 Å². The molecule has 0 aliphatic carbocycles. The SMILES string of the molecule is CCCNC(=O)c1ccc2c(c1)C(=C(C)Nc1ccc(CN(C)Cc3ccccc3)cc1)C(=O)N2. The van der Waals surface area contributed by atoms with E-state index in [0.29, 0.717) is 17.7 Å². The maximum absolute atomic E-state index is 12.7. The zero-order valence-corrected chi connectivity index (χ0v) is 20.5. The molecule has 0 atom stereocenters. The van der Waals surface area contributed by atoms with Crippen molar-refractivity contribution in [1.82, 2.24) is 10.2 Å². The van der Waals surface area contributed by atoms with Crippen molar-refractivity contribution in [3.05, 3.63) is 101 Å². The lowest BCUT2D eigenvalue weighted by Crippen LogP contribution is -2.23. The lowest BCUT2D eigenvalue weighted by molar-refractivity contribution is -0.110. The number of carbonyl (C=O) groups is 2. The van der Waals surface area contributed by atoms with E-state index < -0.39 is 0 Å². The molecule has 1 heterocycles. The molecule has 6 heteroatoms. The number of fused-ring (bicyclic) bond motifs is 1. The number of benzene rings is 3. The van der Waals surface area contributed by atoms with Gasteiger partial charge in [0.1, 0.15) is 0 Å². The Morgan fingerprint density at radius 2 is 1.63 bits per heavy atom. The highest BCUT2D eigenvalue weighted by molar-refractivity contribution is 6.32. The summed E-state index contributed by atoms with van der Waals surface area (Å²) in [6.07, 6.45) is 0.868. The van der Waals surface area contributed by atoms with Crippen LogP contribution in [-0.2, 0) is 17.9 Å². The van der Waals surface area contributed by atoms with E-state index in [1.165, 1.54) is 11.1 Å². The topological polar surface area (TPSA) is 73.5 Å². The van der Waals surface area contributed by atoms with Gasteiger partial charge in [-0.05, 0) is 61.9 Å². The van der Waals surface area contributed by atoms with Crippen molar-refractivity contribution in [3.63, 3.8) is 0 Å². The van der Waals surface area contributed by atoms with Gasteiger partial charge in [0.05, 0.1) is 5.57 Å². The molecular weight excluding hydrogens is 436 g/mol. The molecule has 1 aliphatic heterocycles. The molecule has 35 heavy (non-hydrogen) atoms. The summed E-state index contributed by atoms with van der Waals surface area (Å²) in [7, 11) is 2.11. The van der Waals surface area contributed by atoms with Gasteiger partial charge < -0.3 is 16.0 Å². The summed E-state index contributed by atoms with van der Waals surface area (Å²) in [6.45, 7) is 6.24. The zero-order valence-electron chi connectivity index (χ0n) is 20.5. The molecule has 0 saturated carbocycles. The Morgan fingerprint density at radius 1 is 0.943 bits per heavy atom. The van der Waals surface area contributed by atoms with E-state index in [9.17, 15) is 9.59 Å². The summed E-state index contributed by atoms with van der Waals surface area (Å²) >= 11 is 0. The van der Waals surface area contributed by atoms with Gasteiger partial charge in [-0.1, -0.05) is 49.4 Å². The lowest BCUT2D eigenvalue weighted by Gasteiger charge is -2.17. The molecule has 0 bridgehead atoms. The van der Waals surface area contributed by atoms with Crippen LogP contribution in [0.2, 0.25) is 0 Å². The summed E-state index contributed by atoms with van der Waals surface area (Å²) < 4.78 is 0. The number of carbonyl (C=O) groups excluding carboxylic acids is 2. The minimum atomic E-state index is -0.171. The summed E-state index contributed by atoms with van der Waals surface area (Å²) in [5.41, 5.74) is 6.70. The van der Waals surface area contributed by atoms with E-state index in [1.807, 2.05) is 32.0 Å². The summed E-state index contributed by atoms with van der Waals surface area (Å²) in [5, 5.41) is 9.15. The van der Waals surface area contributed by atoms with Crippen LogP contribution in [0.15, 0.2) is 78.5 Å². The fourth-order valence-electron chi connectivity index (χ4n) is 4.26. The maximum atomic E-state index is 12.7. The van der Waals surface area contributed by atoms with Gasteiger partial charge in [0.2, 0.25) is 0 Å². The van der Waals surface area contributed by atoms with Crippen LogP contribution in [0.3, 0.4) is 0 Å². The minimum absolute atomic E-state index is 0.133. The van der Waals surface area contributed by atoms with Gasteiger partial charge in [0.25, 0.3) is 11.8 Å². The van der Waals surface area contributed by atoms with E-state index in [0.717, 1.165) is 42.1 Å². The highest BCUT2D eigenvalue weighted by Gasteiger charge is 2.27. The van der Waals surface area contributed by atoms with Crippen LogP contribution in [0.4, 0.5) is 11.4 Å². The maximum Gasteiger partial charge on any atom is 0.258 e. The van der Waals surface area contributed by atoms with E-state index >= 15 is 0 Å². The Kier molecular flexibility index (Phi) is 7.63. The normalized spacial score (nSPS) is 13.9. The monoisotopic (exact) mass is 468 g/mol. The van der Waals surface area contributed by atoms with E-state index in [4.69, 9.17) is 0 Å². The third-order valence-corrected chi connectivity index (χ3v) is 5.97. The van der Waals surface area contributed by atoms with Gasteiger partial charge >= 0.3 is 0 Å². The number of anilines is 2. The van der Waals surface area contributed by atoms with Crippen molar-refractivity contribution >= 4 is 28.8 Å². The molecule has 1 aliphatic rings. The van der Waals surface area contributed by atoms with Crippen molar-refractivity contribution in [2.45, 2.75) is 33.4 Å². The molecular formula is C29H32N4O2. The molecule has 3 aromatic carbocycles. The predicted molar refractivity (Wildman–Crippen MR) is 142 cm³/mol. The smallest absolute Gasteiger partial charge is 0.258 e. The predicted octanol–water partition coefficient (Wildman–Crippen LogP) is 5.25. The lowest BCUT2D eigenvalue weighted by atomic mass is 10.0. The first kappa shape index (κ1) is 24.2. The van der Waals surface area contributed by atoms with Gasteiger partial charge in [0, 0.05) is 47.8 Å². The number of hydrogen-bond donors (Lipinski definition) is 3. The number of nitrogens with one attached hydrogen (secondary N) is 3. The first-order chi connectivity index (χ1) is 16.9.